The van der Waals surface area contributed by atoms with Gasteiger partial charge in [0.2, 0.25) is 15.9 Å². The van der Waals surface area contributed by atoms with Crippen LogP contribution in [0.15, 0.2) is 42.5 Å². The molecule has 1 aliphatic rings. The van der Waals surface area contributed by atoms with Gasteiger partial charge in [0.25, 0.3) is 5.91 Å². The van der Waals surface area contributed by atoms with Crippen LogP contribution in [0.2, 0.25) is 0 Å². The van der Waals surface area contributed by atoms with Gasteiger partial charge in [-0.25, -0.2) is 12.7 Å². The van der Waals surface area contributed by atoms with E-state index in [4.69, 9.17) is 9.47 Å². The fourth-order valence-electron chi connectivity index (χ4n) is 3.33. The van der Waals surface area contributed by atoms with Crippen LogP contribution in [0, 0.1) is 5.92 Å². The zero-order chi connectivity index (χ0) is 21.9. The minimum atomic E-state index is -3.67. The zero-order valence-corrected chi connectivity index (χ0v) is 17.9. The molecule has 3 rings (SSSR count). The summed E-state index contributed by atoms with van der Waals surface area (Å²) in [6.45, 7) is 1.96. The Labute approximate surface area is 175 Å². The molecule has 9 heteroatoms. The van der Waals surface area contributed by atoms with Crippen LogP contribution in [-0.2, 0) is 21.2 Å². The van der Waals surface area contributed by atoms with Crippen LogP contribution in [0.25, 0.3) is 0 Å². The Morgan fingerprint density at radius 2 is 1.83 bits per heavy atom. The molecule has 8 nitrogen and oxygen atoms in total. The smallest absolute Gasteiger partial charge is 0.251 e. The van der Waals surface area contributed by atoms with Gasteiger partial charge in [-0.1, -0.05) is 6.92 Å². The fourth-order valence-corrected chi connectivity index (χ4v) is 5.15. The second kappa shape index (κ2) is 8.74. The molecule has 0 radical (unpaired) electrons. The van der Waals surface area contributed by atoms with Gasteiger partial charge >= 0.3 is 0 Å². The van der Waals surface area contributed by atoms with Crippen molar-refractivity contribution < 1.29 is 27.5 Å². The van der Waals surface area contributed by atoms with Crippen LogP contribution in [0.1, 0.15) is 22.8 Å². The molecule has 0 aliphatic carbocycles. The molecule has 2 amide bonds. The quantitative estimate of drug-likeness (QED) is 0.718. The first-order valence-electron chi connectivity index (χ1n) is 9.43. The van der Waals surface area contributed by atoms with Crippen molar-refractivity contribution in [2.75, 3.05) is 30.8 Å². The van der Waals surface area contributed by atoms with E-state index in [1.165, 1.54) is 24.3 Å². The van der Waals surface area contributed by atoms with Crippen LogP contribution in [0.5, 0.6) is 11.5 Å². The summed E-state index contributed by atoms with van der Waals surface area (Å²) in [6.07, 6.45) is 0.544. The van der Waals surface area contributed by atoms with Crippen molar-refractivity contribution in [1.82, 2.24) is 5.32 Å². The Morgan fingerprint density at radius 1 is 1.13 bits per heavy atom. The van der Waals surface area contributed by atoms with Crippen molar-refractivity contribution in [2.45, 2.75) is 13.3 Å². The maximum absolute atomic E-state index is 12.4. The summed E-state index contributed by atoms with van der Waals surface area (Å²) in [7, 11) is -0.505. The van der Waals surface area contributed by atoms with Crippen LogP contribution in [0.3, 0.4) is 0 Å². The third-order valence-electron chi connectivity index (χ3n) is 4.89. The number of benzene rings is 2. The van der Waals surface area contributed by atoms with E-state index in [1.807, 2.05) is 12.1 Å². The van der Waals surface area contributed by atoms with Crippen molar-refractivity contribution in [3.63, 3.8) is 0 Å². The zero-order valence-electron chi connectivity index (χ0n) is 17.0. The van der Waals surface area contributed by atoms with E-state index >= 15 is 0 Å². The normalized spacial score (nSPS) is 17.6. The summed E-state index contributed by atoms with van der Waals surface area (Å²) in [4.78, 5) is 24.6. The standard InChI is InChI=1S/C21H24N2O6S/c1-14-13-30(26,27)23(21(14)25)17-6-4-15(5-7-17)20(24)22-11-10-16-12-18(28-2)8-9-19(16)29-3/h4-9,12,14H,10-11,13H2,1-3H3,(H,22,24)/t14-/m0/s1. The number of sulfonamides is 1. The SMILES string of the molecule is COc1ccc(OC)c(CCNC(=O)c2ccc(N3C(=O)[C@@H](C)CS3(=O)=O)cc2)c1. The van der Waals surface area contributed by atoms with E-state index in [0.717, 1.165) is 9.87 Å². The summed E-state index contributed by atoms with van der Waals surface area (Å²) in [6, 6.07) is 11.4. The van der Waals surface area contributed by atoms with Crippen molar-refractivity contribution in [1.29, 1.82) is 0 Å². The second-order valence-corrected chi connectivity index (χ2v) is 8.88. The molecule has 1 atom stereocenters. The first-order chi connectivity index (χ1) is 14.3. The summed E-state index contributed by atoms with van der Waals surface area (Å²) in [5.41, 5.74) is 1.51. The van der Waals surface area contributed by atoms with Gasteiger partial charge in [-0.3, -0.25) is 9.59 Å². The van der Waals surface area contributed by atoms with Crippen LogP contribution in [-0.4, -0.2) is 46.7 Å². The third kappa shape index (κ3) is 4.40. The number of hydrogen-bond acceptors (Lipinski definition) is 6. The van der Waals surface area contributed by atoms with Gasteiger partial charge in [0.1, 0.15) is 11.5 Å². The van der Waals surface area contributed by atoms with E-state index in [0.29, 0.717) is 30.0 Å². The molecule has 2 aromatic rings. The van der Waals surface area contributed by atoms with Gasteiger partial charge < -0.3 is 14.8 Å². The molecular weight excluding hydrogens is 408 g/mol. The Balaban J connectivity index is 1.64. The van der Waals surface area contributed by atoms with Crippen molar-refractivity contribution in [2.24, 2.45) is 5.92 Å². The molecule has 160 valence electrons. The molecule has 1 heterocycles. The highest BCUT2D eigenvalue weighted by molar-refractivity contribution is 7.94. The predicted molar refractivity (Wildman–Crippen MR) is 112 cm³/mol. The lowest BCUT2D eigenvalue weighted by molar-refractivity contribution is -0.119. The molecule has 1 fully saturated rings. The number of amides is 2. The van der Waals surface area contributed by atoms with Gasteiger partial charge in [0, 0.05) is 12.1 Å². The first kappa shape index (κ1) is 21.6. The molecule has 1 N–H and O–H groups in total. The van der Waals surface area contributed by atoms with Crippen LogP contribution < -0.4 is 19.1 Å². The molecular formula is C21H24N2O6S. The predicted octanol–water partition coefficient (Wildman–Crippen LogP) is 1.99. The lowest BCUT2D eigenvalue weighted by Crippen LogP contribution is -2.30. The number of anilines is 1. The highest BCUT2D eigenvalue weighted by Gasteiger charge is 2.41. The first-order valence-corrected chi connectivity index (χ1v) is 11.0. The average molecular weight is 432 g/mol. The van der Waals surface area contributed by atoms with Gasteiger partial charge in [-0.05, 0) is 54.4 Å². The second-order valence-electron chi connectivity index (χ2n) is 7.01. The number of methoxy groups -OCH3 is 2. The third-order valence-corrected chi connectivity index (χ3v) is 6.76. The summed E-state index contributed by atoms with van der Waals surface area (Å²) in [5.74, 6) is -0.131. The summed E-state index contributed by atoms with van der Waals surface area (Å²) < 4.78 is 35.7. The van der Waals surface area contributed by atoms with Crippen LogP contribution in [0.4, 0.5) is 5.69 Å². The van der Waals surface area contributed by atoms with Crippen molar-refractivity contribution in [3.05, 3.63) is 53.6 Å². The van der Waals surface area contributed by atoms with Gasteiger partial charge in [0.15, 0.2) is 0 Å². The van der Waals surface area contributed by atoms with Crippen molar-refractivity contribution >= 4 is 27.5 Å². The molecule has 30 heavy (non-hydrogen) atoms. The highest BCUT2D eigenvalue weighted by Crippen LogP contribution is 2.28. The van der Waals surface area contributed by atoms with Crippen LogP contribution >= 0.6 is 0 Å². The van der Waals surface area contributed by atoms with E-state index in [2.05, 4.69) is 5.32 Å². The van der Waals surface area contributed by atoms with Gasteiger partial charge in [0.05, 0.1) is 31.6 Å². The van der Waals surface area contributed by atoms with E-state index in [1.54, 1.807) is 27.2 Å². The summed E-state index contributed by atoms with van der Waals surface area (Å²) >= 11 is 0. The number of carbonyl (C=O) groups excluding carboxylic acids is 2. The largest absolute Gasteiger partial charge is 0.497 e. The Kier molecular flexibility index (Phi) is 6.31. The summed E-state index contributed by atoms with van der Waals surface area (Å²) in [5, 5.41) is 2.82. The topological polar surface area (TPSA) is 102 Å². The van der Waals surface area contributed by atoms with E-state index in [9.17, 15) is 18.0 Å². The Morgan fingerprint density at radius 3 is 2.40 bits per heavy atom. The molecule has 2 aromatic carbocycles. The van der Waals surface area contributed by atoms with Gasteiger partial charge in [-0.2, -0.15) is 0 Å². The highest BCUT2D eigenvalue weighted by atomic mass is 32.2. The van der Waals surface area contributed by atoms with Crippen molar-refractivity contribution in [3.8, 4) is 11.5 Å². The molecule has 0 saturated carbocycles. The lowest BCUT2D eigenvalue weighted by Gasteiger charge is -2.15. The lowest BCUT2D eigenvalue weighted by atomic mass is 10.1. The fraction of sp³-hybridized carbons (Fsp3) is 0.333. The maximum Gasteiger partial charge on any atom is 0.251 e. The Hall–Kier alpha value is -3.07. The number of rotatable bonds is 7. The van der Waals surface area contributed by atoms with E-state index < -0.39 is 21.8 Å². The number of nitrogens with zero attached hydrogens (tertiary/aromatic N) is 1. The Bertz CT molecular complexity index is 1050. The molecule has 0 unspecified atom stereocenters. The number of carbonyl (C=O) groups is 2. The monoisotopic (exact) mass is 432 g/mol. The maximum atomic E-state index is 12.4. The van der Waals surface area contributed by atoms with Gasteiger partial charge in [-0.15, -0.1) is 0 Å². The average Bonchev–Trinajstić information content (AvgIpc) is 2.94. The van der Waals surface area contributed by atoms with E-state index in [-0.39, 0.29) is 17.3 Å². The minimum absolute atomic E-state index is 0.207. The minimum Gasteiger partial charge on any atom is -0.497 e. The molecule has 0 aromatic heterocycles. The molecule has 0 spiro atoms. The molecule has 0 bridgehead atoms. The number of ether oxygens (including phenoxy) is 2. The number of hydrogen-bond donors (Lipinski definition) is 1. The molecule has 1 aliphatic heterocycles. The number of nitrogens with one attached hydrogen (secondary N) is 1. The molecule has 1 saturated heterocycles.